The fourth-order valence-electron chi connectivity index (χ4n) is 8.61. The number of carbonyl (C=O) groups is 3. The molecule has 11 nitrogen and oxygen atoms in total. The second-order valence-electron chi connectivity index (χ2n) is 21.2. The molecule has 3 atom stereocenters. The number of aliphatic hydroxyl groups is 1. The zero-order valence-corrected chi connectivity index (χ0v) is 51.9. The molecule has 0 aliphatic carbocycles. The molecule has 0 radical (unpaired) electrons. The van der Waals surface area contributed by atoms with E-state index in [9.17, 15) is 28.9 Å². The lowest BCUT2D eigenvalue weighted by Crippen LogP contribution is -2.30. The summed E-state index contributed by atoms with van der Waals surface area (Å²) in [6.45, 7) is 4.46. The summed E-state index contributed by atoms with van der Waals surface area (Å²) >= 11 is 0. The Balaban J connectivity index is 4.81. The van der Waals surface area contributed by atoms with Crippen molar-refractivity contribution in [2.45, 2.75) is 290 Å². The maximum atomic E-state index is 12.9. The highest BCUT2D eigenvalue weighted by Gasteiger charge is 2.28. The number of ether oxygens (including phenoxy) is 3. The molecule has 3 unspecified atom stereocenters. The number of phosphoric ester groups is 1. The molecule has 0 aliphatic heterocycles. The van der Waals surface area contributed by atoms with Gasteiger partial charge in [-0.3, -0.25) is 23.4 Å². The van der Waals surface area contributed by atoms with E-state index in [1.807, 2.05) is 12.2 Å². The molecule has 12 heteroatoms. The number of hydrogen-bond acceptors (Lipinski definition) is 10. The monoisotopic (exact) mass is 1140 g/mol. The van der Waals surface area contributed by atoms with E-state index >= 15 is 0 Å². The molecule has 0 spiro atoms. The van der Waals surface area contributed by atoms with Crippen molar-refractivity contribution in [2.75, 3.05) is 26.4 Å². The van der Waals surface area contributed by atoms with Gasteiger partial charge in [-0.2, -0.15) is 0 Å². The zero-order valence-electron chi connectivity index (χ0n) is 51.0. The highest BCUT2D eigenvalue weighted by molar-refractivity contribution is 7.47. The Morgan fingerprint density at radius 3 is 1.07 bits per heavy atom. The van der Waals surface area contributed by atoms with Crippen molar-refractivity contribution in [1.29, 1.82) is 0 Å². The number of unbranched alkanes of at least 4 members (excludes halogenated alkanes) is 26. The lowest BCUT2D eigenvalue weighted by Gasteiger charge is -2.21. The summed E-state index contributed by atoms with van der Waals surface area (Å²) in [5.74, 6) is -1.57. The number of hydrogen-bond donors (Lipinski definition) is 2. The van der Waals surface area contributed by atoms with Gasteiger partial charge in [0.1, 0.15) is 12.7 Å². The molecular formula is C68H117O11P. The van der Waals surface area contributed by atoms with Gasteiger partial charge in [0, 0.05) is 19.3 Å². The highest BCUT2D eigenvalue weighted by Crippen LogP contribution is 2.43. The van der Waals surface area contributed by atoms with Crippen molar-refractivity contribution in [1.82, 2.24) is 0 Å². The molecule has 0 bridgehead atoms. The van der Waals surface area contributed by atoms with E-state index in [-0.39, 0.29) is 25.9 Å². The largest absolute Gasteiger partial charge is 0.472 e. The van der Waals surface area contributed by atoms with Crippen LogP contribution in [0.3, 0.4) is 0 Å². The SMILES string of the molecule is CC/C=C\C/C=C\C/C=C\C/C=C\C/C=C\C/C=C\CCC(=O)OC(COC(=O)CCCCCCCCCCC/C=C\CCCCCCCC)COP(=O)(O)OCC(CO)OC(=O)CCCCCCC/C=C\CCCCCCCC. The predicted molar refractivity (Wildman–Crippen MR) is 334 cm³/mol. The van der Waals surface area contributed by atoms with E-state index < -0.39 is 57.8 Å². The first-order valence-corrected chi connectivity index (χ1v) is 33.6. The number of carbonyl (C=O) groups excluding carboxylic acids is 3. The first-order valence-electron chi connectivity index (χ1n) is 32.1. The third kappa shape index (κ3) is 59.0. The normalized spacial score (nSPS) is 13.9. The van der Waals surface area contributed by atoms with Gasteiger partial charge in [-0.15, -0.1) is 0 Å². The van der Waals surface area contributed by atoms with Crippen LogP contribution in [0.25, 0.3) is 0 Å². The van der Waals surface area contributed by atoms with Crippen LogP contribution in [0.5, 0.6) is 0 Å². The van der Waals surface area contributed by atoms with Crippen LogP contribution in [0.15, 0.2) is 97.2 Å². The molecule has 0 fully saturated rings. The molecule has 0 aromatic rings. The lowest BCUT2D eigenvalue weighted by atomic mass is 10.1. The molecule has 0 aromatic carbocycles. The van der Waals surface area contributed by atoms with Gasteiger partial charge in [0.15, 0.2) is 6.10 Å². The number of aliphatic hydroxyl groups excluding tert-OH is 1. The van der Waals surface area contributed by atoms with Crippen LogP contribution < -0.4 is 0 Å². The molecule has 0 aromatic heterocycles. The van der Waals surface area contributed by atoms with Crippen LogP contribution in [0.4, 0.5) is 0 Å². The Morgan fingerprint density at radius 1 is 0.362 bits per heavy atom. The zero-order chi connectivity index (χ0) is 58.3. The van der Waals surface area contributed by atoms with E-state index in [1.54, 1.807) is 0 Å². The second kappa shape index (κ2) is 61.5. The molecule has 0 heterocycles. The highest BCUT2D eigenvalue weighted by atomic mass is 31.2. The smallest absolute Gasteiger partial charge is 0.462 e. The minimum Gasteiger partial charge on any atom is -0.462 e. The Kier molecular flexibility index (Phi) is 58.7. The van der Waals surface area contributed by atoms with Crippen molar-refractivity contribution >= 4 is 25.7 Å². The summed E-state index contributed by atoms with van der Waals surface area (Å²) in [5, 5.41) is 9.84. The first-order chi connectivity index (χ1) is 39.2. The van der Waals surface area contributed by atoms with E-state index in [4.69, 9.17) is 23.3 Å². The Bertz CT molecular complexity index is 1710. The molecular weight excluding hydrogens is 1020 g/mol. The van der Waals surface area contributed by atoms with E-state index in [0.717, 1.165) is 89.9 Å². The molecule has 0 aliphatic rings. The van der Waals surface area contributed by atoms with Gasteiger partial charge in [-0.1, -0.05) is 246 Å². The van der Waals surface area contributed by atoms with Crippen LogP contribution in [0.1, 0.15) is 278 Å². The average Bonchev–Trinajstić information content (AvgIpc) is 3.45. The van der Waals surface area contributed by atoms with Crippen molar-refractivity contribution in [3.8, 4) is 0 Å². The van der Waals surface area contributed by atoms with Crippen LogP contribution in [0.2, 0.25) is 0 Å². The van der Waals surface area contributed by atoms with Gasteiger partial charge in [0.05, 0.1) is 19.8 Å². The van der Waals surface area contributed by atoms with Gasteiger partial charge < -0.3 is 24.2 Å². The van der Waals surface area contributed by atoms with E-state index in [0.29, 0.717) is 25.7 Å². The first kappa shape index (κ1) is 76.4. The molecule has 0 saturated carbocycles. The minimum atomic E-state index is -4.78. The summed E-state index contributed by atoms with van der Waals surface area (Å²) < 4.78 is 39.6. The molecule has 0 rings (SSSR count). The standard InChI is InChI=1S/C68H117O11P/c1-4-7-10-13-16-19-22-25-28-30-32-34-37-39-42-45-48-51-54-57-66(70)75-61-65(79-68(72)59-56-53-50-47-44-41-38-35-33-31-29-26-23-20-17-14-11-8-5-2)63-77-80(73,74)76-62-64(60-69)78-67(71)58-55-52-49-46-43-40-36-27-24-21-18-15-12-9-6-3/h8,11,17,20,25-29,33,35-36,41,44,50,53,64-65,69H,4-7,9-10,12-16,18-19,21-24,30-32,34,37-40,42-43,45-49,51-52,54-63H2,1-3H3,(H,73,74)/b11-8-,20-17-,28-25-,29-26-,35-33-,36-27-,44-41-,53-50-. The summed E-state index contributed by atoms with van der Waals surface area (Å²) in [6.07, 6.45) is 73.8. The third-order valence-electron chi connectivity index (χ3n) is 13.5. The van der Waals surface area contributed by atoms with Crippen LogP contribution >= 0.6 is 7.82 Å². The van der Waals surface area contributed by atoms with Gasteiger partial charge in [-0.05, 0) is 109 Å². The fourth-order valence-corrected chi connectivity index (χ4v) is 9.39. The predicted octanol–water partition coefficient (Wildman–Crippen LogP) is 19.6. The summed E-state index contributed by atoms with van der Waals surface area (Å²) in [4.78, 5) is 48.7. The second-order valence-corrected chi connectivity index (χ2v) is 22.6. The molecule has 460 valence electrons. The third-order valence-corrected chi connectivity index (χ3v) is 14.4. The van der Waals surface area contributed by atoms with Crippen molar-refractivity contribution in [3.05, 3.63) is 97.2 Å². The average molecular weight is 1140 g/mol. The maximum absolute atomic E-state index is 12.9. The summed E-state index contributed by atoms with van der Waals surface area (Å²) in [7, 11) is -4.78. The Hall–Kier alpha value is -3.60. The Labute approximate surface area is 489 Å². The lowest BCUT2D eigenvalue weighted by molar-refractivity contribution is -0.161. The fraction of sp³-hybridized carbons (Fsp3) is 0.721. The van der Waals surface area contributed by atoms with Crippen molar-refractivity contribution < 1.29 is 52.2 Å². The molecule has 80 heavy (non-hydrogen) atoms. The maximum Gasteiger partial charge on any atom is 0.472 e. The van der Waals surface area contributed by atoms with Crippen LogP contribution in [-0.4, -0.2) is 66.5 Å². The minimum absolute atomic E-state index is 0.0388. The number of phosphoric acid groups is 1. The van der Waals surface area contributed by atoms with Gasteiger partial charge in [-0.25, -0.2) is 4.57 Å². The molecule has 0 amide bonds. The van der Waals surface area contributed by atoms with Crippen LogP contribution in [0, 0.1) is 0 Å². The number of allylic oxidation sites excluding steroid dienone is 16. The van der Waals surface area contributed by atoms with Gasteiger partial charge in [0.2, 0.25) is 0 Å². The topological polar surface area (TPSA) is 155 Å². The van der Waals surface area contributed by atoms with Crippen LogP contribution in [-0.2, 0) is 42.2 Å². The number of rotatable bonds is 59. The quantitative estimate of drug-likeness (QED) is 0.0197. The van der Waals surface area contributed by atoms with E-state index in [1.165, 1.54) is 122 Å². The van der Waals surface area contributed by atoms with Crippen molar-refractivity contribution in [2.24, 2.45) is 0 Å². The Morgan fingerprint density at radius 2 is 0.675 bits per heavy atom. The van der Waals surface area contributed by atoms with E-state index in [2.05, 4.69) is 106 Å². The van der Waals surface area contributed by atoms with Crippen molar-refractivity contribution in [3.63, 3.8) is 0 Å². The van der Waals surface area contributed by atoms with Gasteiger partial charge >= 0.3 is 25.7 Å². The summed E-state index contributed by atoms with van der Waals surface area (Å²) in [5.41, 5.74) is 0. The summed E-state index contributed by atoms with van der Waals surface area (Å²) in [6, 6.07) is 0. The van der Waals surface area contributed by atoms with Gasteiger partial charge in [0.25, 0.3) is 0 Å². The molecule has 0 saturated heterocycles. The number of esters is 3. The molecule has 2 N–H and O–H groups in total.